The van der Waals surface area contributed by atoms with E-state index in [4.69, 9.17) is 0 Å². The number of anilines is 2. The molecule has 1 amide bonds. The van der Waals surface area contributed by atoms with E-state index in [1.807, 2.05) is 38.1 Å². The Hall–Kier alpha value is -1.77. The fraction of sp³-hybridized carbons (Fsp3) is 0.500. The van der Waals surface area contributed by atoms with Crippen molar-refractivity contribution < 1.29 is 4.79 Å². The van der Waals surface area contributed by atoms with E-state index in [1.54, 1.807) is 0 Å². The van der Waals surface area contributed by atoms with Crippen LogP contribution in [0.3, 0.4) is 0 Å². The van der Waals surface area contributed by atoms with Gasteiger partial charge < -0.3 is 10.6 Å². The summed E-state index contributed by atoms with van der Waals surface area (Å²) in [6, 6.07) is 8.00. The Morgan fingerprint density at radius 3 is 2.43 bits per heavy atom. The SMILES string of the molecule is CC(C)C(=O)Nc1ccc(NCC2CC3C=CC2C3)cc1. The first kappa shape index (κ1) is 14.2. The van der Waals surface area contributed by atoms with Crippen molar-refractivity contribution in [3.05, 3.63) is 36.4 Å². The molecule has 0 saturated heterocycles. The van der Waals surface area contributed by atoms with Gasteiger partial charge in [0.25, 0.3) is 0 Å². The lowest BCUT2D eigenvalue weighted by atomic mass is 9.93. The Labute approximate surface area is 126 Å². The van der Waals surface area contributed by atoms with Crippen LogP contribution < -0.4 is 10.6 Å². The second-order valence-corrected chi connectivity index (χ2v) is 6.64. The molecule has 112 valence electrons. The molecule has 1 saturated carbocycles. The summed E-state index contributed by atoms with van der Waals surface area (Å²) in [4.78, 5) is 11.6. The average molecular weight is 284 g/mol. The van der Waals surface area contributed by atoms with E-state index in [9.17, 15) is 4.79 Å². The van der Waals surface area contributed by atoms with E-state index in [1.165, 1.54) is 12.8 Å². The van der Waals surface area contributed by atoms with Crippen molar-refractivity contribution in [3.8, 4) is 0 Å². The molecule has 3 heteroatoms. The molecule has 2 aliphatic carbocycles. The van der Waals surface area contributed by atoms with Crippen LogP contribution in [0.25, 0.3) is 0 Å². The smallest absolute Gasteiger partial charge is 0.226 e. The van der Waals surface area contributed by atoms with Crippen LogP contribution in [0.15, 0.2) is 36.4 Å². The first-order chi connectivity index (χ1) is 10.1. The third-order valence-electron chi connectivity index (χ3n) is 4.66. The maximum Gasteiger partial charge on any atom is 0.226 e. The quantitative estimate of drug-likeness (QED) is 0.805. The summed E-state index contributed by atoms with van der Waals surface area (Å²) in [6.45, 7) is 4.84. The molecule has 3 atom stereocenters. The standard InChI is InChI=1S/C18H24N2O/c1-12(2)18(21)20-17-7-5-16(6-8-17)19-11-15-10-13-3-4-14(15)9-13/h3-8,12-15,19H,9-11H2,1-2H3,(H,20,21). The highest BCUT2D eigenvalue weighted by atomic mass is 16.1. The number of allylic oxidation sites excluding steroid dienone is 2. The Kier molecular flexibility index (Phi) is 4.00. The first-order valence-corrected chi connectivity index (χ1v) is 7.95. The molecule has 3 unspecified atom stereocenters. The molecule has 0 aliphatic heterocycles. The molecule has 1 fully saturated rings. The zero-order valence-electron chi connectivity index (χ0n) is 12.8. The third kappa shape index (κ3) is 3.29. The van der Waals surface area contributed by atoms with Crippen LogP contribution in [0, 0.1) is 23.7 Å². The minimum Gasteiger partial charge on any atom is -0.385 e. The van der Waals surface area contributed by atoms with Crippen LogP contribution in [0.2, 0.25) is 0 Å². The van der Waals surface area contributed by atoms with Crippen molar-refractivity contribution >= 4 is 17.3 Å². The summed E-state index contributed by atoms with van der Waals surface area (Å²) in [7, 11) is 0. The molecule has 0 radical (unpaired) electrons. The Bertz CT molecular complexity index is 533. The number of carbonyl (C=O) groups excluding carboxylic acids is 1. The van der Waals surface area contributed by atoms with E-state index in [0.29, 0.717) is 0 Å². The molecule has 2 aliphatic rings. The summed E-state index contributed by atoms with van der Waals surface area (Å²) in [6.07, 6.45) is 7.46. The lowest BCUT2D eigenvalue weighted by molar-refractivity contribution is -0.118. The van der Waals surface area contributed by atoms with E-state index >= 15 is 0 Å². The van der Waals surface area contributed by atoms with Gasteiger partial charge in [0.15, 0.2) is 0 Å². The van der Waals surface area contributed by atoms with E-state index in [2.05, 4.69) is 22.8 Å². The second kappa shape index (κ2) is 5.92. The van der Waals surface area contributed by atoms with Crippen molar-refractivity contribution in [3.63, 3.8) is 0 Å². The fourth-order valence-electron chi connectivity index (χ4n) is 3.34. The molecule has 2 N–H and O–H groups in total. The van der Waals surface area contributed by atoms with Gasteiger partial charge in [-0.05, 0) is 54.9 Å². The number of hydrogen-bond acceptors (Lipinski definition) is 2. The number of fused-ring (bicyclic) bond motifs is 2. The van der Waals surface area contributed by atoms with Crippen LogP contribution in [-0.2, 0) is 4.79 Å². The number of nitrogens with one attached hydrogen (secondary N) is 2. The molecule has 0 spiro atoms. The maximum absolute atomic E-state index is 11.6. The van der Waals surface area contributed by atoms with Gasteiger partial charge in [-0.1, -0.05) is 26.0 Å². The largest absolute Gasteiger partial charge is 0.385 e. The van der Waals surface area contributed by atoms with Gasteiger partial charge in [-0.25, -0.2) is 0 Å². The van der Waals surface area contributed by atoms with Gasteiger partial charge >= 0.3 is 0 Å². The number of rotatable bonds is 5. The normalized spacial score (nSPS) is 26.3. The monoisotopic (exact) mass is 284 g/mol. The van der Waals surface area contributed by atoms with E-state index in [-0.39, 0.29) is 11.8 Å². The minimum atomic E-state index is 0.00800. The van der Waals surface area contributed by atoms with Gasteiger partial charge in [-0.3, -0.25) is 4.79 Å². The molecule has 1 aromatic rings. The lowest BCUT2D eigenvalue weighted by Gasteiger charge is -2.19. The van der Waals surface area contributed by atoms with Gasteiger partial charge in [-0.15, -0.1) is 0 Å². The number of amides is 1. The molecule has 3 nitrogen and oxygen atoms in total. The summed E-state index contributed by atoms with van der Waals surface area (Å²) in [5.41, 5.74) is 1.99. The van der Waals surface area contributed by atoms with Gasteiger partial charge in [0.1, 0.15) is 0 Å². The van der Waals surface area contributed by atoms with Crippen LogP contribution in [-0.4, -0.2) is 12.5 Å². The van der Waals surface area contributed by atoms with Crippen molar-refractivity contribution in [1.82, 2.24) is 0 Å². The molecule has 21 heavy (non-hydrogen) atoms. The van der Waals surface area contributed by atoms with Crippen molar-refractivity contribution in [2.75, 3.05) is 17.2 Å². The van der Waals surface area contributed by atoms with Gasteiger partial charge in [0.2, 0.25) is 5.91 Å². The maximum atomic E-state index is 11.6. The zero-order valence-corrected chi connectivity index (χ0v) is 12.8. The summed E-state index contributed by atoms with van der Waals surface area (Å²) >= 11 is 0. The molecule has 3 rings (SSSR count). The Morgan fingerprint density at radius 1 is 1.14 bits per heavy atom. The van der Waals surface area contributed by atoms with Gasteiger partial charge in [-0.2, -0.15) is 0 Å². The van der Waals surface area contributed by atoms with Gasteiger partial charge in [0, 0.05) is 23.8 Å². The Balaban J connectivity index is 1.50. The van der Waals surface area contributed by atoms with Crippen molar-refractivity contribution in [2.45, 2.75) is 26.7 Å². The van der Waals surface area contributed by atoms with Gasteiger partial charge in [0.05, 0.1) is 0 Å². The highest BCUT2D eigenvalue weighted by molar-refractivity contribution is 5.92. The molecule has 2 bridgehead atoms. The van der Waals surface area contributed by atoms with Crippen molar-refractivity contribution in [2.24, 2.45) is 23.7 Å². The third-order valence-corrected chi connectivity index (χ3v) is 4.66. The van der Waals surface area contributed by atoms with Crippen LogP contribution in [0.1, 0.15) is 26.7 Å². The fourth-order valence-corrected chi connectivity index (χ4v) is 3.34. The minimum absolute atomic E-state index is 0.00800. The first-order valence-electron chi connectivity index (χ1n) is 7.95. The summed E-state index contributed by atoms with van der Waals surface area (Å²) < 4.78 is 0. The Morgan fingerprint density at radius 2 is 1.86 bits per heavy atom. The van der Waals surface area contributed by atoms with Crippen LogP contribution in [0.4, 0.5) is 11.4 Å². The molecular weight excluding hydrogens is 260 g/mol. The summed E-state index contributed by atoms with van der Waals surface area (Å²) in [5.74, 6) is 2.46. The van der Waals surface area contributed by atoms with Crippen LogP contribution >= 0.6 is 0 Å². The van der Waals surface area contributed by atoms with Crippen LogP contribution in [0.5, 0.6) is 0 Å². The van der Waals surface area contributed by atoms with E-state index in [0.717, 1.165) is 35.7 Å². The zero-order chi connectivity index (χ0) is 14.8. The number of carbonyl (C=O) groups is 1. The predicted molar refractivity (Wildman–Crippen MR) is 87.2 cm³/mol. The second-order valence-electron chi connectivity index (χ2n) is 6.64. The number of hydrogen-bond donors (Lipinski definition) is 2. The molecule has 1 aromatic carbocycles. The summed E-state index contributed by atoms with van der Waals surface area (Å²) in [5, 5.41) is 6.44. The topological polar surface area (TPSA) is 41.1 Å². The lowest BCUT2D eigenvalue weighted by Crippen LogP contribution is -2.18. The predicted octanol–water partition coefficient (Wildman–Crippen LogP) is 3.91. The van der Waals surface area contributed by atoms with E-state index < -0.39 is 0 Å². The molecule has 0 aromatic heterocycles. The number of benzene rings is 1. The van der Waals surface area contributed by atoms with Crippen molar-refractivity contribution in [1.29, 1.82) is 0 Å². The average Bonchev–Trinajstić information content (AvgIpc) is 3.09. The molecular formula is C18H24N2O. The molecule has 0 heterocycles. The highest BCUT2D eigenvalue weighted by Crippen LogP contribution is 2.43. The highest BCUT2D eigenvalue weighted by Gasteiger charge is 2.35.